The zero-order valence-electron chi connectivity index (χ0n) is 12.1. The maximum Gasteiger partial charge on any atom is 0.137 e. The van der Waals surface area contributed by atoms with Crippen molar-refractivity contribution in [2.24, 2.45) is 5.41 Å². The van der Waals surface area contributed by atoms with Crippen LogP contribution in [-0.4, -0.2) is 14.2 Å². The summed E-state index contributed by atoms with van der Waals surface area (Å²) in [5, 5.41) is 4.20. The van der Waals surface area contributed by atoms with Crippen molar-refractivity contribution < 1.29 is 4.74 Å². The van der Waals surface area contributed by atoms with Gasteiger partial charge in [-0.25, -0.2) is 0 Å². The van der Waals surface area contributed by atoms with E-state index in [1.165, 1.54) is 37.7 Å². The molecule has 19 heavy (non-hydrogen) atoms. The number of halogens is 1. The fraction of sp³-hybridized carbons (Fsp3) is 0.625. The van der Waals surface area contributed by atoms with Crippen LogP contribution in [0.3, 0.4) is 0 Å². The van der Waals surface area contributed by atoms with Gasteiger partial charge in [-0.2, -0.15) is 0 Å². The SMILES string of the molecule is CCC1(C(NC)c2ccc(Cl)c(OC)c2)CCCC1. The first-order valence-electron chi connectivity index (χ1n) is 7.17. The van der Waals surface area contributed by atoms with Crippen molar-refractivity contribution in [1.29, 1.82) is 0 Å². The molecule has 1 aromatic carbocycles. The fourth-order valence-electron chi connectivity index (χ4n) is 3.61. The van der Waals surface area contributed by atoms with Gasteiger partial charge >= 0.3 is 0 Å². The van der Waals surface area contributed by atoms with Crippen molar-refractivity contribution in [2.75, 3.05) is 14.2 Å². The lowest BCUT2D eigenvalue weighted by atomic mass is 9.73. The maximum atomic E-state index is 6.13. The van der Waals surface area contributed by atoms with Crippen molar-refractivity contribution >= 4 is 11.6 Å². The summed E-state index contributed by atoms with van der Waals surface area (Å²) in [5.74, 6) is 0.767. The van der Waals surface area contributed by atoms with E-state index in [2.05, 4.69) is 31.4 Å². The van der Waals surface area contributed by atoms with Gasteiger partial charge in [0.1, 0.15) is 5.75 Å². The Morgan fingerprint density at radius 3 is 2.58 bits per heavy atom. The summed E-state index contributed by atoms with van der Waals surface area (Å²) in [6.07, 6.45) is 6.51. The summed E-state index contributed by atoms with van der Waals surface area (Å²) >= 11 is 6.13. The first-order chi connectivity index (χ1) is 9.16. The summed E-state index contributed by atoms with van der Waals surface area (Å²) in [7, 11) is 3.73. The lowest BCUT2D eigenvalue weighted by Crippen LogP contribution is -2.34. The predicted molar refractivity (Wildman–Crippen MR) is 81.0 cm³/mol. The molecule has 2 rings (SSSR count). The molecule has 1 fully saturated rings. The molecule has 1 aliphatic rings. The standard InChI is InChI=1S/C16H24ClNO/c1-4-16(9-5-6-10-16)15(18-2)12-7-8-13(17)14(11-12)19-3/h7-8,11,15,18H,4-6,9-10H2,1-3H3. The highest BCUT2D eigenvalue weighted by Crippen LogP contribution is 2.50. The largest absolute Gasteiger partial charge is 0.495 e. The zero-order valence-corrected chi connectivity index (χ0v) is 12.9. The normalized spacial score (nSPS) is 19.4. The molecular formula is C16H24ClNO. The topological polar surface area (TPSA) is 21.3 Å². The van der Waals surface area contributed by atoms with Crippen molar-refractivity contribution in [3.63, 3.8) is 0 Å². The number of hydrogen-bond acceptors (Lipinski definition) is 2. The second-order valence-corrected chi connectivity index (χ2v) is 5.95. The number of methoxy groups -OCH3 is 1. The highest BCUT2D eigenvalue weighted by molar-refractivity contribution is 6.32. The Morgan fingerprint density at radius 2 is 2.05 bits per heavy atom. The quantitative estimate of drug-likeness (QED) is 0.853. The molecule has 0 aliphatic heterocycles. The van der Waals surface area contributed by atoms with Crippen molar-refractivity contribution in [3.8, 4) is 5.75 Å². The first kappa shape index (κ1) is 14.7. The molecule has 1 unspecified atom stereocenters. The molecular weight excluding hydrogens is 258 g/mol. The molecule has 2 nitrogen and oxygen atoms in total. The van der Waals surface area contributed by atoms with E-state index in [1.807, 2.05) is 6.07 Å². The minimum Gasteiger partial charge on any atom is -0.495 e. The average Bonchev–Trinajstić information content (AvgIpc) is 2.91. The highest BCUT2D eigenvalue weighted by Gasteiger charge is 2.39. The van der Waals surface area contributed by atoms with Crippen LogP contribution in [0, 0.1) is 5.41 Å². The maximum absolute atomic E-state index is 6.13. The number of hydrogen-bond donors (Lipinski definition) is 1. The number of benzene rings is 1. The zero-order chi connectivity index (χ0) is 13.9. The van der Waals surface area contributed by atoms with Gasteiger partial charge in [-0.15, -0.1) is 0 Å². The summed E-state index contributed by atoms with van der Waals surface area (Å²) in [4.78, 5) is 0. The van der Waals surface area contributed by atoms with Gasteiger partial charge in [-0.05, 0) is 49.4 Å². The van der Waals surface area contributed by atoms with E-state index in [9.17, 15) is 0 Å². The molecule has 1 aliphatic carbocycles. The minimum atomic E-state index is 0.381. The minimum absolute atomic E-state index is 0.381. The van der Waals surface area contributed by atoms with Crippen LogP contribution in [0.5, 0.6) is 5.75 Å². The number of ether oxygens (including phenoxy) is 1. The van der Waals surface area contributed by atoms with Gasteiger partial charge in [-0.3, -0.25) is 0 Å². The Bertz CT molecular complexity index is 427. The van der Waals surface area contributed by atoms with Crippen LogP contribution in [0.15, 0.2) is 18.2 Å². The second kappa shape index (κ2) is 6.15. The molecule has 1 N–H and O–H groups in total. The van der Waals surface area contributed by atoms with Gasteiger partial charge in [0, 0.05) is 6.04 Å². The van der Waals surface area contributed by atoms with Gasteiger partial charge in [0.25, 0.3) is 0 Å². The monoisotopic (exact) mass is 281 g/mol. The van der Waals surface area contributed by atoms with Crippen LogP contribution in [0.4, 0.5) is 0 Å². The highest BCUT2D eigenvalue weighted by atomic mass is 35.5. The van der Waals surface area contributed by atoms with E-state index in [0.717, 1.165) is 5.75 Å². The van der Waals surface area contributed by atoms with Gasteiger partial charge in [0.2, 0.25) is 0 Å². The molecule has 0 radical (unpaired) electrons. The fourth-order valence-corrected chi connectivity index (χ4v) is 3.80. The van der Waals surface area contributed by atoms with E-state index in [-0.39, 0.29) is 0 Å². The van der Waals surface area contributed by atoms with Gasteiger partial charge in [0.05, 0.1) is 12.1 Å². The third kappa shape index (κ3) is 2.75. The van der Waals surface area contributed by atoms with E-state index < -0.39 is 0 Å². The van der Waals surface area contributed by atoms with E-state index >= 15 is 0 Å². The summed E-state index contributed by atoms with van der Waals surface area (Å²) in [5.41, 5.74) is 1.67. The first-order valence-corrected chi connectivity index (χ1v) is 7.55. The lowest BCUT2D eigenvalue weighted by molar-refractivity contribution is 0.195. The smallest absolute Gasteiger partial charge is 0.137 e. The lowest BCUT2D eigenvalue weighted by Gasteiger charge is -2.37. The molecule has 0 aromatic heterocycles. The Kier molecular flexibility index (Phi) is 4.75. The summed E-state index contributed by atoms with van der Waals surface area (Å²) in [6.45, 7) is 2.31. The molecule has 0 spiro atoms. The number of rotatable bonds is 5. The molecule has 0 heterocycles. The molecule has 0 amide bonds. The summed E-state index contributed by atoms with van der Waals surface area (Å²) < 4.78 is 5.35. The number of nitrogens with one attached hydrogen (secondary N) is 1. The summed E-state index contributed by atoms with van der Waals surface area (Å²) in [6, 6.07) is 6.53. The van der Waals surface area contributed by atoms with E-state index in [4.69, 9.17) is 16.3 Å². The van der Waals surface area contributed by atoms with Crippen molar-refractivity contribution in [2.45, 2.75) is 45.1 Å². The van der Waals surface area contributed by atoms with Crippen LogP contribution in [0.1, 0.15) is 50.6 Å². The van der Waals surface area contributed by atoms with Crippen molar-refractivity contribution in [1.82, 2.24) is 5.32 Å². The van der Waals surface area contributed by atoms with E-state index in [0.29, 0.717) is 16.5 Å². The van der Waals surface area contributed by atoms with Crippen LogP contribution in [0.2, 0.25) is 5.02 Å². The Balaban J connectivity index is 2.36. The van der Waals surface area contributed by atoms with Gasteiger partial charge in [0.15, 0.2) is 0 Å². The third-order valence-corrected chi connectivity index (χ3v) is 5.03. The average molecular weight is 282 g/mol. The molecule has 0 bridgehead atoms. The molecule has 3 heteroatoms. The predicted octanol–water partition coefficient (Wildman–Crippen LogP) is 4.58. The van der Waals surface area contributed by atoms with Crippen LogP contribution >= 0.6 is 11.6 Å². The third-order valence-electron chi connectivity index (χ3n) is 4.71. The second-order valence-electron chi connectivity index (χ2n) is 5.54. The molecule has 1 saturated carbocycles. The van der Waals surface area contributed by atoms with Crippen LogP contribution in [-0.2, 0) is 0 Å². The van der Waals surface area contributed by atoms with E-state index in [1.54, 1.807) is 7.11 Å². The Labute approximate surface area is 121 Å². The van der Waals surface area contributed by atoms with Gasteiger partial charge < -0.3 is 10.1 Å². The van der Waals surface area contributed by atoms with Crippen LogP contribution in [0.25, 0.3) is 0 Å². The van der Waals surface area contributed by atoms with Gasteiger partial charge in [-0.1, -0.05) is 37.4 Å². The molecule has 1 atom stereocenters. The van der Waals surface area contributed by atoms with Crippen LogP contribution < -0.4 is 10.1 Å². The Morgan fingerprint density at radius 1 is 1.37 bits per heavy atom. The van der Waals surface area contributed by atoms with Crippen molar-refractivity contribution in [3.05, 3.63) is 28.8 Å². The molecule has 0 saturated heterocycles. The molecule has 106 valence electrons. The molecule has 1 aromatic rings. The Hall–Kier alpha value is -0.730.